The Balaban J connectivity index is 2.37. The maximum absolute atomic E-state index is 5.50. The van der Waals surface area contributed by atoms with E-state index in [1.54, 1.807) is 0 Å². The van der Waals surface area contributed by atoms with Crippen LogP contribution in [0, 0.1) is 0 Å². The van der Waals surface area contributed by atoms with E-state index in [0.717, 1.165) is 19.4 Å². The number of hydrogen-bond donors (Lipinski definition) is 2. The molecule has 0 aliphatic rings. The number of hydrogen-bond acceptors (Lipinski definition) is 4. The van der Waals surface area contributed by atoms with Crippen molar-refractivity contribution in [2.24, 2.45) is 12.9 Å². The fourth-order valence-electron chi connectivity index (χ4n) is 1.64. The van der Waals surface area contributed by atoms with Crippen molar-refractivity contribution in [2.75, 3.05) is 20.6 Å². The van der Waals surface area contributed by atoms with Gasteiger partial charge in [0.25, 0.3) is 0 Å². The van der Waals surface area contributed by atoms with Gasteiger partial charge in [0.2, 0.25) is 0 Å². The van der Waals surface area contributed by atoms with Gasteiger partial charge in [0.15, 0.2) is 0 Å². The number of aromatic nitrogens is 2. The molecule has 1 aromatic rings. The van der Waals surface area contributed by atoms with Crippen LogP contribution in [0.4, 0.5) is 0 Å². The highest BCUT2D eigenvalue weighted by atomic mass is 15.3. The van der Waals surface area contributed by atoms with Crippen LogP contribution in [0.1, 0.15) is 12.1 Å². The Hall–Kier alpha value is -0.910. The van der Waals surface area contributed by atoms with Gasteiger partial charge in [-0.1, -0.05) is 0 Å². The molecule has 1 heterocycles. The lowest BCUT2D eigenvalue weighted by Crippen LogP contribution is -2.42. The van der Waals surface area contributed by atoms with Gasteiger partial charge < -0.3 is 4.90 Å². The topological polar surface area (TPSA) is 59.1 Å². The average molecular weight is 211 g/mol. The minimum Gasteiger partial charge on any atom is -0.308 e. The first-order chi connectivity index (χ1) is 7.13. The number of nitrogens with zero attached hydrogens (tertiary/aromatic N) is 3. The van der Waals surface area contributed by atoms with Gasteiger partial charge in [-0.3, -0.25) is 16.0 Å². The van der Waals surface area contributed by atoms with E-state index in [1.807, 2.05) is 24.0 Å². The molecule has 3 N–H and O–H groups in total. The lowest BCUT2D eigenvalue weighted by Gasteiger charge is -2.19. The number of hydrazine groups is 1. The standard InChI is InChI=1S/C10H21N5/c1-14(2)8-9(13-11)4-5-10-6-7-12-15(10)3/h6-7,9,13H,4-5,8,11H2,1-3H3. The average Bonchev–Trinajstić information content (AvgIpc) is 2.58. The van der Waals surface area contributed by atoms with Crippen LogP contribution in [-0.2, 0) is 13.5 Å². The molecule has 0 spiro atoms. The Labute approximate surface area is 91.2 Å². The molecule has 5 heteroatoms. The summed E-state index contributed by atoms with van der Waals surface area (Å²) in [4.78, 5) is 2.13. The number of nitrogens with two attached hydrogens (primary N) is 1. The Morgan fingerprint density at radius 1 is 1.60 bits per heavy atom. The summed E-state index contributed by atoms with van der Waals surface area (Å²) in [7, 11) is 6.06. The third-order valence-corrected chi connectivity index (χ3v) is 2.49. The lowest BCUT2D eigenvalue weighted by molar-refractivity contribution is 0.328. The second-order valence-electron chi connectivity index (χ2n) is 4.11. The summed E-state index contributed by atoms with van der Waals surface area (Å²) < 4.78 is 1.91. The van der Waals surface area contributed by atoms with Gasteiger partial charge in [-0.2, -0.15) is 5.10 Å². The monoisotopic (exact) mass is 211 g/mol. The molecule has 0 radical (unpaired) electrons. The molecule has 1 unspecified atom stereocenters. The van der Waals surface area contributed by atoms with E-state index in [1.165, 1.54) is 5.69 Å². The van der Waals surface area contributed by atoms with Gasteiger partial charge in [-0.15, -0.1) is 0 Å². The Morgan fingerprint density at radius 2 is 2.33 bits per heavy atom. The van der Waals surface area contributed by atoms with Crippen molar-refractivity contribution in [3.05, 3.63) is 18.0 Å². The Kier molecular flexibility index (Phi) is 4.74. The molecular weight excluding hydrogens is 190 g/mol. The second kappa shape index (κ2) is 5.85. The zero-order valence-corrected chi connectivity index (χ0v) is 9.77. The molecule has 0 saturated carbocycles. The first kappa shape index (κ1) is 12.2. The molecule has 0 aliphatic carbocycles. The van der Waals surface area contributed by atoms with Crippen LogP contribution < -0.4 is 11.3 Å². The van der Waals surface area contributed by atoms with Crippen LogP contribution in [0.5, 0.6) is 0 Å². The van der Waals surface area contributed by atoms with E-state index in [4.69, 9.17) is 5.84 Å². The SMILES string of the molecule is CN(C)CC(CCc1ccnn1C)NN. The van der Waals surface area contributed by atoms with E-state index in [0.29, 0.717) is 6.04 Å². The Morgan fingerprint density at radius 3 is 2.80 bits per heavy atom. The van der Waals surface area contributed by atoms with Gasteiger partial charge in [0, 0.05) is 31.5 Å². The van der Waals surface area contributed by atoms with Crippen LogP contribution in [-0.4, -0.2) is 41.4 Å². The molecule has 1 atom stereocenters. The first-order valence-electron chi connectivity index (χ1n) is 5.21. The number of likely N-dealkylation sites (N-methyl/N-ethyl adjacent to an activating group) is 1. The van der Waals surface area contributed by atoms with Crippen molar-refractivity contribution in [2.45, 2.75) is 18.9 Å². The smallest absolute Gasteiger partial charge is 0.0492 e. The highest BCUT2D eigenvalue weighted by Gasteiger charge is 2.09. The van der Waals surface area contributed by atoms with Crippen LogP contribution >= 0.6 is 0 Å². The fourth-order valence-corrected chi connectivity index (χ4v) is 1.64. The van der Waals surface area contributed by atoms with Gasteiger partial charge in [0.05, 0.1) is 0 Å². The summed E-state index contributed by atoms with van der Waals surface area (Å²) in [6.07, 6.45) is 3.85. The summed E-state index contributed by atoms with van der Waals surface area (Å²) in [5, 5.41) is 4.14. The van der Waals surface area contributed by atoms with E-state index in [2.05, 4.69) is 29.5 Å². The predicted molar refractivity (Wildman–Crippen MR) is 61.2 cm³/mol. The normalized spacial score (nSPS) is 13.4. The van der Waals surface area contributed by atoms with Gasteiger partial charge >= 0.3 is 0 Å². The summed E-state index contributed by atoms with van der Waals surface area (Å²) in [5.74, 6) is 5.50. The molecule has 0 fully saturated rings. The molecule has 0 amide bonds. The van der Waals surface area contributed by atoms with Gasteiger partial charge in [-0.05, 0) is 33.0 Å². The Bertz CT molecular complexity index is 281. The van der Waals surface area contributed by atoms with Gasteiger partial charge in [0.1, 0.15) is 0 Å². The van der Waals surface area contributed by atoms with Crippen molar-refractivity contribution in [3.8, 4) is 0 Å². The minimum absolute atomic E-state index is 0.329. The highest BCUT2D eigenvalue weighted by Crippen LogP contribution is 2.03. The van der Waals surface area contributed by atoms with Crippen LogP contribution in [0.15, 0.2) is 12.3 Å². The minimum atomic E-state index is 0.329. The van der Waals surface area contributed by atoms with Crippen molar-refractivity contribution in [1.29, 1.82) is 0 Å². The molecule has 1 rings (SSSR count). The van der Waals surface area contributed by atoms with Crippen LogP contribution in [0.2, 0.25) is 0 Å². The molecule has 5 nitrogen and oxygen atoms in total. The summed E-state index contributed by atoms with van der Waals surface area (Å²) in [5.41, 5.74) is 4.09. The third-order valence-electron chi connectivity index (χ3n) is 2.49. The molecule has 86 valence electrons. The van der Waals surface area contributed by atoms with Crippen LogP contribution in [0.3, 0.4) is 0 Å². The van der Waals surface area contributed by atoms with Crippen molar-refractivity contribution in [3.63, 3.8) is 0 Å². The van der Waals surface area contributed by atoms with E-state index in [9.17, 15) is 0 Å². The number of nitrogens with one attached hydrogen (secondary N) is 1. The largest absolute Gasteiger partial charge is 0.308 e. The van der Waals surface area contributed by atoms with Crippen molar-refractivity contribution >= 4 is 0 Å². The fraction of sp³-hybridized carbons (Fsp3) is 0.700. The predicted octanol–water partition coefficient (Wildman–Crippen LogP) is -0.254. The summed E-state index contributed by atoms with van der Waals surface area (Å²) in [6, 6.07) is 2.37. The molecule has 0 saturated heterocycles. The molecule has 0 aromatic carbocycles. The summed E-state index contributed by atoms with van der Waals surface area (Å²) >= 11 is 0. The van der Waals surface area contributed by atoms with E-state index in [-0.39, 0.29) is 0 Å². The molecular formula is C10H21N5. The molecule has 0 aliphatic heterocycles. The third kappa shape index (κ3) is 3.99. The van der Waals surface area contributed by atoms with Crippen molar-refractivity contribution < 1.29 is 0 Å². The summed E-state index contributed by atoms with van der Waals surface area (Å²) in [6.45, 7) is 0.953. The molecule has 15 heavy (non-hydrogen) atoms. The number of rotatable bonds is 6. The maximum Gasteiger partial charge on any atom is 0.0492 e. The molecule has 0 bridgehead atoms. The second-order valence-corrected chi connectivity index (χ2v) is 4.11. The zero-order chi connectivity index (χ0) is 11.3. The number of aryl methyl sites for hydroxylation is 2. The molecule has 1 aromatic heterocycles. The highest BCUT2D eigenvalue weighted by molar-refractivity contribution is 5.00. The van der Waals surface area contributed by atoms with Crippen LogP contribution in [0.25, 0.3) is 0 Å². The lowest BCUT2D eigenvalue weighted by atomic mass is 10.1. The first-order valence-corrected chi connectivity index (χ1v) is 5.21. The zero-order valence-electron chi connectivity index (χ0n) is 9.77. The van der Waals surface area contributed by atoms with E-state index < -0.39 is 0 Å². The quantitative estimate of drug-likeness (QED) is 0.503. The maximum atomic E-state index is 5.50. The van der Waals surface area contributed by atoms with Crippen molar-refractivity contribution in [1.82, 2.24) is 20.1 Å². The van der Waals surface area contributed by atoms with E-state index >= 15 is 0 Å². The van der Waals surface area contributed by atoms with Gasteiger partial charge in [-0.25, -0.2) is 0 Å².